The van der Waals surface area contributed by atoms with Gasteiger partial charge in [-0.3, -0.25) is 4.79 Å². The van der Waals surface area contributed by atoms with Crippen molar-refractivity contribution < 1.29 is 19.1 Å². The van der Waals surface area contributed by atoms with Crippen molar-refractivity contribution in [2.45, 2.75) is 26.8 Å². The van der Waals surface area contributed by atoms with Crippen LogP contribution < -0.4 is 10.1 Å². The molecule has 2 heterocycles. The number of amidine groups is 1. The summed E-state index contributed by atoms with van der Waals surface area (Å²) < 4.78 is 11.0. The summed E-state index contributed by atoms with van der Waals surface area (Å²) in [4.78, 5) is 31.5. The zero-order valence-electron chi connectivity index (χ0n) is 18.7. The Balaban J connectivity index is 1.47. The lowest BCUT2D eigenvalue weighted by Crippen LogP contribution is -2.34. The predicted molar refractivity (Wildman–Crippen MR) is 130 cm³/mol. The number of esters is 1. The van der Waals surface area contributed by atoms with E-state index >= 15 is 0 Å². The van der Waals surface area contributed by atoms with E-state index in [-0.39, 0.29) is 24.5 Å². The number of carbonyl (C=O) groups is 2. The van der Waals surface area contributed by atoms with Crippen LogP contribution in [0.1, 0.15) is 31.0 Å². The largest absolute Gasteiger partial charge is 0.484 e. The first-order valence-corrected chi connectivity index (χ1v) is 11.5. The van der Waals surface area contributed by atoms with Crippen LogP contribution >= 0.6 is 11.8 Å². The van der Waals surface area contributed by atoms with Gasteiger partial charge >= 0.3 is 5.97 Å². The van der Waals surface area contributed by atoms with Gasteiger partial charge < -0.3 is 19.7 Å². The molecule has 33 heavy (non-hydrogen) atoms. The van der Waals surface area contributed by atoms with E-state index in [1.807, 2.05) is 66.8 Å². The van der Waals surface area contributed by atoms with Gasteiger partial charge in [-0.05, 0) is 61.6 Å². The van der Waals surface area contributed by atoms with Crippen LogP contribution in [0.15, 0.2) is 76.4 Å². The second-order valence-electron chi connectivity index (χ2n) is 7.60. The summed E-state index contributed by atoms with van der Waals surface area (Å²) in [6.45, 7) is 5.77. The highest BCUT2D eigenvalue weighted by atomic mass is 32.2. The van der Waals surface area contributed by atoms with Crippen molar-refractivity contribution in [3.63, 3.8) is 0 Å². The second kappa shape index (κ2) is 9.95. The van der Waals surface area contributed by atoms with Crippen LogP contribution in [-0.4, -0.2) is 35.2 Å². The van der Waals surface area contributed by atoms with Crippen molar-refractivity contribution in [1.82, 2.24) is 4.90 Å². The lowest BCUT2D eigenvalue weighted by Gasteiger charge is -2.33. The summed E-state index contributed by atoms with van der Waals surface area (Å²) in [5.41, 5.74) is 3.86. The number of ether oxygens (including phenoxy) is 2. The maximum absolute atomic E-state index is 12.7. The minimum Gasteiger partial charge on any atom is -0.484 e. The number of nitrogens with zero attached hydrogens (tertiary/aromatic N) is 2. The van der Waals surface area contributed by atoms with E-state index in [9.17, 15) is 9.59 Å². The van der Waals surface area contributed by atoms with Gasteiger partial charge in [-0.2, -0.15) is 0 Å². The first-order chi connectivity index (χ1) is 16.0. The zero-order chi connectivity index (χ0) is 23.4. The molecule has 0 saturated heterocycles. The van der Waals surface area contributed by atoms with E-state index in [1.54, 1.807) is 19.1 Å². The Kier molecular flexibility index (Phi) is 6.84. The first-order valence-electron chi connectivity index (χ1n) is 10.6. The fourth-order valence-corrected chi connectivity index (χ4v) is 4.50. The standard InChI is InChI=1S/C25H25N3O4S/c1-4-31-24(30)22-17(3)26-25-28(12-13-33-25)23(22)18-8-10-20(11-9-18)32-15-21(29)27-19-7-5-6-16(2)14-19/h5-14,23H,4,15H2,1-3H3,(H,27,29)/t23-/m1/s1. The second-order valence-corrected chi connectivity index (χ2v) is 8.48. The molecule has 7 nitrogen and oxygen atoms in total. The number of aliphatic imine (C=N–C) groups is 1. The molecule has 2 aliphatic rings. The highest BCUT2D eigenvalue weighted by Crippen LogP contribution is 2.41. The Morgan fingerprint density at radius 1 is 1.15 bits per heavy atom. The van der Waals surface area contributed by atoms with Gasteiger partial charge in [0.2, 0.25) is 0 Å². The SMILES string of the molecule is CCOC(=O)C1=C(C)N=C2SC=CN2[C@@H]1c1ccc(OCC(=O)Nc2cccc(C)c2)cc1. The number of carbonyl (C=O) groups excluding carboxylic acids is 2. The molecule has 1 amide bonds. The van der Waals surface area contributed by atoms with Gasteiger partial charge in [-0.1, -0.05) is 36.0 Å². The van der Waals surface area contributed by atoms with E-state index in [4.69, 9.17) is 9.47 Å². The Labute approximate surface area is 197 Å². The monoisotopic (exact) mass is 463 g/mol. The van der Waals surface area contributed by atoms with Gasteiger partial charge in [-0.15, -0.1) is 0 Å². The maximum atomic E-state index is 12.7. The number of hydrogen-bond donors (Lipinski definition) is 1. The topological polar surface area (TPSA) is 80.2 Å². The number of rotatable bonds is 7. The van der Waals surface area contributed by atoms with Crippen molar-refractivity contribution in [3.8, 4) is 5.75 Å². The normalized spacial score (nSPS) is 16.9. The van der Waals surface area contributed by atoms with Crippen molar-refractivity contribution in [2.24, 2.45) is 4.99 Å². The number of benzene rings is 2. The molecule has 0 bridgehead atoms. The van der Waals surface area contributed by atoms with Gasteiger partial charge in [0.15, 0.2) is 11.8 Å². The van der Waals surface area contributed by atoms with Crippen molar-refractivity contribution in [1.29, 1.82) is 0 Å². The van der Waals surface area contributed by atoms with Crippen LogP contribution in [0.25, 0.3) is 0 Å². The number of amides is 1. The van der Waals surface area contributed by atoms with Gasteiger partial charge in [0.1, 0.15) is 5.75 Å². The molecule has 2 aromatic carbocycles. The summed E-state index contributed by atoms with van der Waals surface area (Å²) in [5.74, 6) is -0.0472. The van der Waals surface area contributed by atoms with Crippen LogP contribution in [0.5, 0.6) is 5.75 Å². The predicted octanol–water partition coefficient (Wildman–Crippen LogP) is 4.78. The summed E-state index contributed by atoms with van der Waals surface area (Å²) in [6.07, 6.45) is 1.92. The van der Waals surface area contributed by atoms with E-state index in [2.05, 4.69) is 10.3 Å². The van der Waals surface area contributed by atoms with Crippen molar-refractivity contribution in [3.05, 3.63) is 82.5 Å². The molecular formula is C25H25N3O4S. The number of thioether (sulfide) groups is 1. The highest BCUT2D eigenvalue weighted by molar-refractivity contribution is 8.16. The van der Waals surface area contributed by atoms with Crippen molar-refractivity contribution >= 4 is 34.5 Å². The molecule has 0 fully saturated rings. The number of allylic oxidation sites excluding steroid dienone is 1. The third-order valence-corrected chi connectivity index (χ3v) is 5.95. The molecule has 4 rings (SSSR count). The van der Waals surface area contributed by atoms with E-state index in [0.29, 0.717) is 23.6 Å². The molecule has 0 unspecified atom stereocenters. The molecule has 2 aromatic rings. The Bertz CT molecular complexity index is 1150. The van der Waals surface area contributed by atoms with Gasteiger partial charge in [0.05, 0.1) is 23.9 Å². The molecule has 170 valence electrons. The molecular weight excluding hydrogens is 438 g/mol. The fraction of sp³-hybridized carbons (Fsp3) is 0.240. The summed E-state index contributed by atoms with van der Waals surface area (Å²) >= 11 is 1.51. The van der Waals surface area contributed by atoms with Crippen LogP contribution in [-0.2, 0) is 14.3 Å². The smallest absolute Gasteiger partial charge is 0.338 e. The van der Waals surface area contributed by atoms with Crippen LogP contribution in [0, 0.1) is 6.92 Å². The lowest BCUT2D eigenvalue weighted by atomic mass is 9.95. The van der Waals surface area contributed by atoms with Crippen LogP contribution in [0.3, 0.4) is 0 Å². The molecule has 1 atom stereocenters. The van der Waals surface area contributed by atoms with Gasteiger partial charge in [-0.25, -0.2) is 9.79 Å². The molecule has 8 heteroatoms. The molecule has 0 saturated carbocycles. The lowest BCUT2D eigenvalue weighted by molar-refractivity contribution is -0.139. The minimum atomic E-state index is -0.374. The fourth-order valence-electron chi connectivity index (χ4n) is 3.71. The highest BCUT2D eigenvalue weighted by Gasteiger charge is 2.37. The number of aryl methyl sites for hydroxylation is 1. The summed E-state index contributed by atoms with van der Waals surface area (Å²) in [5, 5.41) is 5.59. The van der Waals surface area contributed by atoms with E-state index < -0.39 is 0 Å². The Morgan fingerprint density at radius 3 is 2.67 bits per heavy atom. The summed E-state index contributed by atoms with van der Waals surface area (Å²) in [7, 11) is 0. The molecule has 2 aliphatic heterocycles. The van der Waals surface area contributed by atoms with Gasteiger partial charge in [0, 0.05) is 11.9 Å². The third kappa shape index (κ3) is 5.12. The third-order valence-electron chi connectivity index (χ3n) is 5.18. The zero-order valence-corrected chi connectivity index (χ0v) is 19.5. The number of hydrogen-bond acceptors (Lipinski definition) is 7. The molecule has 1 N–H and O–H groups in total. The average Bonchev–Trinajstić information content (AvgIpc) is 3.25. The van der Waals surface area contributed by atoms with Gasteiger partial charge in [0.25, 0.3) is 5.91 Å². The quantitative estimate of drug-likeness (QED) is 0.595. The maximum Gasteiger partial charge on any atom is 0.338 e. The van der Waals surface area contributed by atoms with Crippen LogP contribution in [0.4, 0.5) is 5.69 Å². The first kappa shape index (κ1) is 22.7. The minimum absolute atomic E-state index is 0.105. The number of anilines is 1. The number of fused-ring (bicyclic) bond motifs is 1. The average molecular weight is 464 g/mol. The molecule has 0 radical (unpaired) electrons. The number of nitrogens with one attached hydrogen (secondary N) is 1. The van der Waals surface area contributed by atoms with E-state index in [0.717, 1.165) is 22.0 Å². The Morgan fingerprint density at radius 2 is 1.94 bits per heavy atom. The van der Waals surface area contributed by atoms with Crippen molar-refractivity contribution in [2.75, 3.05) is 18.5 Å². The van der Waals surface area contributed by atoms with E-state index in [1.165, 1.54) is 11.8 Å². The molecule has 0 spiro atoms. The summed E-state index contributed by atoms with van der Waals surface area (Å²) in [6, 6.07) is 14.6. The Hall–Kier alpha value is -3.52. The van der Waals surface area contributed by atoms with Crippen LogP contribution in [0.2, 0.25) is 0 Å². The molecule has 0 aromatic heterocycles. The molecule has 0 aliphatic carbocycles.